The standard InChI is InChI=1S/C11H20O5/c1-10(2)13-6-7(14-10)5-8-9(12)16-11(3,4)15-8/h7-9,12H,5-6H2,1-4H3/t7-,8+,9+/m0/s1. The monoisotopic (exact) mass is 232 g/mol. The number of ether oxygens (including phenoxy) is 4. The normalized spacial score (nSPS) is 41.4. The number of hydrogen-bond acceptors (Lipinski definition) is 5. The van der Waals surface area contributed by atoms with Gasteiger partial charge in [-0.1, -0.05) is 0 Å². The molecule has 2 saturated heterocycles. The fourth-order valence-electron chi connectivity index (χ4n) is 2.12. The van der Waals surface area contributed by atoms with Crippen molar-refractivity contribution in [3.8, 4) is 0 Å². The van der Waals surface area contributed by atoms with Gasteiger partial charge in [-0.05, 0) is 27.7 Å². The molecule has 0 spiro atoms. The average molecular weight is 232 g/mol. The molecule has 2 rings (SSSR count). The van der Waals surface area contributed by atoms with Crippen LogP contribution in [0.1, 0.15) is 34.1 Å². The molecule has 0 aromatic heterocycles. The Hall–Kier alpha value is -0.200. The van der Waals surface area contributed by atoms with Crippen LogP contribution in [0.25, 0.3) is 0 Å². The number of hydrogen-bond donors (Lipinski definition) is 1. The zero-order chi connectivity index (χ0) is 12.0. The predicted molar refractivity (Wildman–Crippen MR) is 55.6 cm³/mol. The summed E-state index contributed by atoms with van der Waals surface area (Å²) >= 11 is 0. The minimum atomic E-state index is -0.887. The summed E-state index contributed by atoms with van der Waals surface area (Å²) in [5, 5.41) is 9.67. The van der Waals surface area contributed by atoms with Crippen LogP contribution in [0.15, 0.2) is 0 Å². The van der Waals surface area contributed by atoms with Crippen molar-refractivity contribution in [1.29, 1.82) is 0 Å². The van der Waals surface area contributed by atoms with Crippen molar-refractivity contribution in [3.05, 3.63) is 0 Å². The fourth-order valence-corrected chi connectivity index (χ4v) is 2.12. The molecule has 0 aliphatic carbocycles. The Labute approximate surface area is 95.6 Å². The van der Waals surface area contributed by atoms with Crippen LogP contribution in [0, 0.1) is 0 Å². The van der Waals surface area contributed by atoms with Gasteiger partial charge in [-0.3, -0.25) is 0 Å². The van der Waals surface area contributed by atoms with Gasteiger partial charge in [-0.15, -0.1) is 0 Å². The maximum atomic E-state index is 9.67. The summed E-state index contributed by atoms with van der Waals surface area (Å²) in [5.41, 5.74) is 0. The summed E-state index contributed by atoms with van der Waals surface area (Å²) in [6.07, 6.45) is -0.708. The first-order chi connectivity index (χ1) is 7.27. The Morgan fingerprint density at radius 1 is 1.06 bits per heavy atom. The third-order valence-corrected chi connectivity index (χ3v) is 2.72. The van der Waals surface area contributed by atoms with Gasteiger partial charge in [0.25, 0.3) is 0 Å². The van der Waals surface area contributed by atoms with E-state index in [0.29, 0.717) is 13.0 Å². The maximum Gasteiger partial charge on any atom is 0.184 e. The SMILES string of the molecule is CC1(C)OC[C@H](C[C@H]2OC(C)(C)O[C@H]2O)O1. The van der Waals surface area contributed by atoms with Crippen LogP contribution in [0.5, 0.6) is 0 Å². The first-order valence-corrected chi connectivity index (χ1v) is 5.63. The summed E-state index contributed by atoms with van der Waals surface area (Å²) in [7, 11) is 0. The van der Waals surface area contributed by atoms with Crippen molar-refractivity contribution in [2.75, 3.05) is 6.61 Å². The Morgan fingerprint density at radius 2 is 1.75 bits per heavy atom. The van der Waals surface area contributed by atoms with Gasteiger partial charge in [-0.25, -0.2) is 0 Å². The quantitative estimate of drug-likeness (QED) is 0.769. The van der Waals surface area contributed by atoms with Gasteiger partial charge in [0.2, 0.25) is 0 Å². The van der Waals surface area contributed by atoms with Crippen LogP contribution < -0.4 is 0 Å². The number of aliphatic hydroxyl groups excluding tert-OH is 1. The topological polar surface area (TPSA) is 57.2 Å². The van der Waals surface area contributed by atoms with Crippen LogP contribution in [-0.2, 0) is 18.9 Å². The van der Waals surface area contributed by atoms with Gasteiger partial charge < -0.3 is 24.1 Å². The molecule has 94 valence electrons. The van der Waals surface area contributed by atoms with Crippen LogP contribution in [-0.4, -0.2) is 41.8 Å². The van der Waals surface area contributed by atoms with E-state index in [1.807, 2.05) is 13.8 Å². The second-order valence-electron chi connectivity index (χ2n) is 5.25. The molecule has 16 heavy (non-hydrogen) atoms. The molecule has 3 atom stereocenters. The van der Waals surface area contributed by atoms with E-state index in [2.05, 4.69) is 0 Å². The molecule has 0 aromatic carbocycles. The largest absolute Gasteiger partial charge is 0.366 e. The van der Waals surface area contributed by atoms with Crippen LogP contribution in [0.2, 0.25) is 0 Å². The van der Waals surface area contributed by atoms with Gasteiger partial charge in [0, 0.05) is 6.42 Å². The van der Waals surface area contributed by atoms with E-state index in [1.165, 1.54) is 0 Å². The molecular formula is C11H20O5. The van der Waals surface area contributed by atoms with E-state index < -0.39 is 17.9 Å². The number of rotatable bonds is 2. The Kier molecular flexibility index (Phi) is 3.01. The lowest BCUT2D eigenvalue weighted by Crippen LogP contribution is -2.29. The first kappa shape index (κ1) is 12.3. The molecule has 2 heterocycles. The van der Waals surface area contributed by atoms with Crippen molar-refractivity contribution in [2.24, 2.45) is 0 Å². The molecule has 5 heteroatoms. The van der Waals surface area contributed by atoms with Crippen molar-refractivity contribution in [1.82, 2.24) is 0 Å². The van der Waals surface area contributed by atoms with Crippen molar-refractivity contribution >= 4 is 0 Å². The van der Waals surface area contributed by atoms with Crippen molar-refractivity contribution in [3.63, 3.8) is 0 Å². The molecular weight excluding hydrogens is 212 g/mol. The zero-order valence-corrected chi connectivity index (χ0v) is 10.2. The van der Waals surface area contributed by atoms with Crippen LogP contribution in [0.4, 0.5) is 0 Å². The molecule has 5 nitrogen and oxygen atoms in total. The molecule has 2 aliphatic rings. The Morgan fingerprint density at radius 3 is 2.19 bits per heavy atom. The lowest BCUT2D eigenvalue weighted by molar-refractivity contribution is -0.174. The highest BCUT2D eigenvalue weighted by Crippen LogP contribution is 2.32. The van der Waals surface area contributed by atoms with Crippen LogP contribution in [0.3, 0.4) is 0 Å². The molecule has 2 fully saturated rings. The lowest BCUT2D eigenvalue weighted by Gasteiger charge is -2.20. The molecule has 0 bridgehead atoms. The second-order valence-corrected chi connectivity index (χ2v) is 5.25. The Bertz CT molecular complexity index is 263. The van der Waals surface area contributed by atoms with Gasteiger partial charge in [0.1, 0.15) is 6.10 Å². The summed E-state index contributed by atoms with van der Waals surface area (Å²) in [6, 6.07) is 0. The smallest absolute Gasteiger partial charge is 0.184 e. The third kappa shape index (κ3) is 2.73. The molecule has 0 saturated carbocycles. The molecule has 0 unspecified atom stereocenters. The van der Waals surface area contributed by atoms with Gasteiger partial charge in [-0.2, -0.15) is 0 Å². The Balaban J connectivity index is 1.87. The van der Waals surface area contributed by atoms with Gasteiger partial charge in [0.15, 0.2) is 17.9 Å². The minimum Gasteiger partial charge on any atom is -0.366 e. The number of aliphatic hydroxyl groups is 1. The molecule has 1 N–H and O–H groups in total. The fraction of sp³-hybridized carbons (Fsp3) is 1.00. The highest BCUT2D eigenvalue weighted by molar-refractivity contribution is 4.80. The predicted octanol–water partition coefficient (Wildman–Crippen LogP) is 0.998. The summed E-state index contributed by atoms with van der Waals surface area (Å²) in [5.74, 6) is -1.26. The van der Waals surface area contributed by atoms with E-state index in [9.17, 15) is 5.11 Å². The van der Waals surface area contributed by atoms with E-state index in [-0.39, 0.29) is 12.2 Å². The second kappa shape index (κ2) is 3.92. The summed E-state index contributed by atoms with van der Waals surface area (Å²) in [4.78, 5) is 0. The summed E-state index contributed by atoms with van der Waals surface area (Å²) in [6.45, 7) is 7.84. The first-order valence-electron chi connectivity index (χ1n) is 5.63. The molecule has 0 amide bonds. The minimum absolute atomic E-state index is 0.0489. The average Bonchev–Trinajstić information content (AvgIpc) is 2.53. The maximum absolute atomic E-state index is 9.67. The van der Waals surface area contributed by atoms with Crippen molar-refractivity contribution in [2.45, 2.75) is 64.2 Å². The molecule has 0 aromatic rings. The van der Waals surface area contributed by atoms with Crippen molar-refractivity contribution < 1.29 is 24.1 Å². The molecule has 2 aliphatic heterocycles. The van der Waals surface area contributed by atoms with Gasteiger partial charge >= 0.3 is 0 Å². The highest BCUT2D eigenvalue weighted by Gasteiger charge is 2.43. The van der Waals surface area contributed by atoms with E-state index in [0.717, 1.165) is 0 Å². The van der Waals surface area contributed by atoms with Crippen LogP contribution >= 0.6 is 0 Å². The van der Waals surface area contributed by atoms with E-state index >= 15 is 0 Å². The highest BCUT2D eigenvalue weighted by atomic mass is 16.8. The van der Waals surface area contributed by atoms with Gasteiger partial charge in [0.05, 0.1) is 12.7 Å². The molecule has 0 radical (unpaired) electrons. The lowest BCUT2D eigenvalue weighted by atomic mass is 10.1. The summed E-state index contributed by atoms with van der Waals surface area (Å²) < 4.78 is 22.0. The zero-order valence-electron chi connectivity index (χ0n) is 10.2. The van der Waals surface area contributed by atoms with E-state index in [4.69, 9.17) is 18.9 Å². The third-order valence-electron chi connectivity index (χ3n) is 2.72. The van der Waals surface area contributed by atoms with E-state index in [1.54, 1.807) is 13.8 Å².